The van der Waals surface area contributed by atoms with Gasteiger partial charge in [0.05, 0.1) is 0 Å². The number of carbonyl (C=O) groups excluding carboxylic acids is 1. The van der Waals surface area contributed by atoms with Crippen LogP contribution in [0.3, 0.4) is 0 Å². The van der Waals surface area contributed by atoms with Crippen LogP contribution in [-0.4, -0.2) is 23.1 Å². The van der Waals surface area contributed by atoms with Crippen molar-refractivity contribution in [3.8, 4) is 0 Å². The lowest BCUT2D eigenvalue weighted by Gasteiger charge is -1.84. The van der Waals surface area contributed by atoms with E-state index in [-0.39, 0.29) is 6.42 Å². The molecule has 0 saturated heterocycles. The number of carboxylic acids is 1. The van der Waals surface area contributed by atoms with E-state index in [1.54, 1.807) is 0 Å². The Hall–Kier alpha value is -1.45. The summed E-state index contributed by atoms with van der Waals surface area (Å²) in [5.74, 6) is -1.29. The molecule has 10 heavy (non-hydrogen) atoms. The first kappa shape index (κ1) is 8.55. The van der Waals surface area contributed by atoms with Gasteiger partial charge in [0.15, 0.2) is 0 Å². The van der Waals surface area contributed by atoms with Crippen LogP contribution in [0.2, 0.25) is 0 Å². The van der Waals surface area contributed by atoms with E-state index >= 15 is 0 Å². The fraction of sp³-hybridized carbons (Fsp3) is 0.167. The molecule has 54 valence electrons. The van der Waals surface area contributed by atoms with E-state index in [1.165, 1.54) is 6.08 Å². The smallest absolute Gasteiger partial charge is 0.353 e. The number of aldehydes is 1. The molecule has 0 saturated carbocycles. The predicted molar refractivity (Wildman–Crippen MR) is 35.2 cm³/mol. The van der Waals surface area contributed by atoms with Gasteiger partial charge in [0.25, 0.3) is 0 Å². The van der Waals surface area contributed by atoms with Crippen LogP contribution in [0.25, 0.3) is 0 Å². The zero-order chi connectivity index (χ0) is 7.98. The average Bonchev–Trinajstić information content (AvgIpc) is 1.88. The lowest BCUT2D eigenvalue weighted by Crippen LogP contribution is -2.07. The summed E-state index contributed by atoms with van der Waals surface area (Å²) in [6.45, 7) is 0. The second kappa shape index (κ2) is 4.43. The molecule has 4 heteroatoms. The summed E-state index contributed by atoms with van der Waals surface area (Å²) in [6.07, 6.45) is 3.18. The van der Waals surface area contributed by atoms with Crippen LogP contribution in [0.5, 0.6) is 0 Å². The van der Waals surface area contributed by atoms with Crippen LogP contribution in [0.4, 0.5) is 0 Å². The summed E-state index contributed by atoms with van der Waals surface area (Å²) in [5, 5.41) is 14.8. The van der Waals surface area contributed by atoms with Crippen LogP contribution in [-0.2, 0) is 9.59 Å². The maximum Gasteiger partial charge on any atom is 0.353 e. The molecule has 0 atom stereocenters. The minimum atomic E-state index is -1.29. The Morgan fingerprint density at radius 1 is 1.60 bits per heavy atom. The molecule has 0 fully saturated rings. The number of aliphatic carboxylic acids is 1. The molecule has 4 nitrogen and oxygen atoms in total. The highest BCUT2D eigenvalue weighted by molar-refractivity contribution is 6.38. The summed E-state index contributed by atoms with van der Waals surface area (Å²) in [4.78, 5) is 19.6. The molecule has 0 aliphatic rings. The van der Waals surface area contributed by atoms with E-state index < -0.39 is 11.7 Å². The first-order valence-corrected chi connectivity index (χ1v) is 2.60. The van der Waals surface area contributed by atoms with Gasteiger partial charge in [-0.05, 0) is 6.08 Å². The molecule has 2 N–H and O–H groups in total. The zero-order valence-electron chi connectivity index (χ0n) is 5.20. The SMILES string of the molecule is N=C(C=CCC=O)C(=O)O. The highest BCUT2D eigenvalue weighted by Crippen LogP contribution is 1.80. The van der Waals surface area contributed by atoms with Gasteiger partial charge in [-0.2, -0.15) is 0 Å². The highest BCUT2D eigenvalue weighted by atomic mass is 16.4. The molecule has 0 bridgehead atoms. The van der Waals surface area contributed by atoms with Crippen LogP contribution >= 0.6 is 0 Å². The van der Waals surface area contributed by atoms with Crippen molar-refractivity contribution < 1.29 is 14.7 Å². The molecule has 0 aliphatic carbocycles. The van der Waals surface area contributed by atoms with Crippen molar-refractivity contribution in [2.45, 2.75) is 6.42 Å². The Labute approximate surface area is 57.7 Å². The normalized spacial score (nSPS) is 9.60. The molecule has 0 aromatic carbocycles. The van der Waals surface area contributed by atoms with Crippen LogP contribution in [0, 0.1) is 5.41 Å². The second-order valence-electron chi connectivity index (χ2n) is 1.52. The zero-order valence-corrected chi connectivity index (χ0v) is 5.20. The summed E-state index contributed by atoms with van der Waals surface area (Å²) in [6, 6.07) is 0. The lowest BCUT2D eigenvalue weighted by atomic mass is 10.3. The monoisotopic (exact) mass is 141 g/mol. The Bertz CT molecular complexity index is 183. The first-order chi connectivity index (χ1) is 4.68. The molecule has 0 aromatic rings. The molecule has 0 aromatic heterocycles. The van der Waals surface area contributed by atoms with Crippen LogP contribution < -0.4 is 0 Å². The van der Waals surface area contributed by atoms with Crippen molar-refractivity contribution in [2.24, 2.45) is 0 Å². The van der Waals surface area contributed by atoms with E-state index in [0.717, 1.165) is 6.08 Å². The molecule has 0 amide bonds. The summed E-state index contributed by atoms with van der Waals surface area (Å²) >= 11 is 0. The maximum absolute atomic E-state index is 9.93. The topological polar surface area (TPSA) is 78.2 Å². The van der Waals surface area contributed by atoms with Crippen LogP contribution in [0.1, 0.15) is 6.42 Å². The number of carboxylic acid groups (broad SMARTS) is 1. The molecule has 0 aliphatic heterocycles. The molecular formula is C6H7NO3. The Morgan fingerprint density at radius 3 is 2.60 bits per heavy atom. The Morgan fingerprint density at radius 2 is 2.20 bits per heavy atom. The van der Waals surface area contributed by atoms with Gasteiger partial charge in [0.2, 0.25) is 0 Å². The van der Waals surface area contributed by atoms with Crippen molar-refractivity contribution in [3.05, 3.63) is 12.2 Å². The van der Waals surface area contributed by atoms with Gasteiger partial charge >= 0.3 is 5.97 Å². The van der Waals surface area contributed by atoms with Crippen molar-refractivity contribution >= 4 is 18.0 Å². The minimum Gasteiger partial charge on any atom is -0.477 e. The molecule has 0 unspecified atom stereocenters. The standard InChI is InChI=1S/C6H7NO3/c7-5(6(9)10)3-1-2-4-8/h1,3-4,7H,2H2,(H,9,10). The number of carbonyl (C=O) groups is 2. The first-order valence-electron chi connectivity index (χ1n) is 2.60. The fourth-order valence-corrected chi connectivity index (χ4v) is 0.313. The van der Waals surface area contributed by atoms with Crippen LogP contribution in [0.15, 0.2) is 12.2 Å². The average molecular weight is 141 g/mol. The maximum atomic E-state index is 9.93. The molecule has 0 rings (SSSR count). The summed E-state index contributed by atoms with van der Waals surface area (Å²) < 4.78 is 0. The molecular weight excluding hydrogens is 134 g/mol. The number of allylic oxidation sites excluding steroid dienone is 1. The van der Waals surface area contributed by atoms with Gasteiger partial charge in [-0.15, -0.1) is 0 Å². The van der Waals surface area contributed by atoms with Gasteiger partial charge in [-0.3, -0.25) is 5.41 Å². The van der Waals surface area contributed by atoms with Crippen molar-refractivity contribution in [1.29, 1.82) is 5.41 Å². The number of hydrogen-bond acceptors (Lipinski definition) is 3. The number of rotatable bonds is 4. The number of hydrogen-bond donors (Lipinski definition) is 2. The quantitative estimate of drug-likeness (QED) is 0.434. The summed E-state index contributed by atoms with van der Waals surface area (Å²) in [5.41, 5.74) is -0.512. The van der Waals surface area contributed by atoms with E-state index in [9.17, 15) is 9.59 Å². The largest absolute Gasteiger partial charge is 0.477 e. The van der Waals surface area contributed by atoms with Gasteiger partial charge < -0.3 is 9.90 Å². The predicted octanol–water partition coefficient (Wildman–Crippen LogP) is 0.236. The van der Waals surface area contributed by atoms with Crippen molar-refractivity contribution in [1.82, 2.24) is 0 Å². The van der Waals surface area contributed by atoms with E-state index in [0.29, 0.717) is 6.29 Å². The van der Waals surface area contributed by atoms with E-state index in [4.69, 9.17) is 10.5 Å². The van der Waals surface area contributed by atoms with Gasteiger partial charge in [-0.1, -0.05) is 6.08 Å². The van der Waals surface area contributed by atoms with Gasteiger partial charge in [-0.25, -0.2) is 4.79 Å². The van der Waals surface area contributed by atoms with Crippen molar-refractivity contribution in [3.63, 3.8) is 0 Å². The molecule has 0 radical (unpaired) electrons. The number of nitrogens with one attached hydrogen (secondary N) is 1. The van der Waals surface area contributed by atoms with E-state index in [2.05, 4.69) is 0 Å². The second-order valence-corrected chi connectivity index (χ2v) is 1.52. The Kier molecular flexibility index (Phi) is 3.79. The van der Waals surface area contributed by atoms with E-state index in [1.807, 2.05) is 0 Å². The fourth-order valence-electron chi connectivity index (χ4n) is 0.313. The van der Waals surface area contributed by atoms with Crippen molar-refractivity contribution in [2.75, 3.05) is 0 Å². The summed E-state index contributed by atoms with van der Waals surface area (Å²) in [7, 11) is 0. The third-order valence-electron chi connectivity index (χ3n) is 0.747. The highest BCUT2D eigenvalue weighted by Gasteiger charge is 1.98. The molecule has 0 spiro atoms. The Balaban J connectivity index is 3.78. The van der Waals surface area contributed by atoms with Gasteiger partial charge in [0.1, 0.15) is 12.0 Å². The molecule has 0 heterocycles. The lowest BCUT2D eigenvalue weighted by molar-refractivity contribution is -0.129. The van der Waals surface area contributed by atoms with Gasteiger partial charge in [0, 0.05) is 6.42 Å². The third-order valence-corrected chi connectivity index (χ3v) is 0.747. The minimum absolute atomic E-state index is 0.148. The third kappa shape index (κ3) is 3.54.